The zero-order valence-corrected chi connectivity index (χ0v) is 9.73. The molecule has 5 nitrogen and oxygen atoms in total. The van der Waals surface area contributed by atoms with Crippen molar-refractivity contribution in [2.24, 2.45) is 5.11 Å². The van der Waals surface area contributed by atoms with Crippen LogP contribution in [-0.4, -0.2) is 19.0 Å². The minimum absolute atomic E-state index is 0.304. The number of rotatable bonds is 5. The molecule has 0 fully saturated rings. The molecule has 1 unspecified atom stereocenters. The van der Waals surface area contributed by atoms with Gasteiger partial charge >= 0.3 is 6.18 Å². The average Bonchev–Trinajstić information content (AvgIpc) is 2.36. The maximum Gasteiger partial charge on any atom is 0.412 e. The van der Waals surface area contributed by atoms with Gasteiger partial charge in [-0.1, -0.05) is 23.3 Å². The van der Waals surface area contributed by atoms with Crippen LogP contribution in [0.25, 0.3) is 10.4 Å². The van der Waals surface area contributed by atoms with Crippen molar-refractivity contribution >= 4 is 12.7 Å². The molecule has 0 spiro atoms. The molecule has 0 N–H and O–H groups in total. The van der Waals surface area contributed by atoms with E-state index in [2.05, 4.69) is 14.5 Å². The van der Waals surface area contributed by atoms with E-state index in [-0.39, 0.29) is 5.30 Å². The largest absolute Gasteiger partial charge is 0.412 e. The van der Waals surface area contributed by atoms with Crippen molar-refractivity contribution in [1.29, 1.82) is 0 Å². The van der Waals surface area contributed by atoms with E-state index in [1.165, 1.54) is 18.2 Å². The molecule has 0 aliphatic rings. The molecule has 0 aliphatic heterocycles. The Bertz CT molecular complexity index is 561. The Kier molecular flexibility index (Phi) is 3.80. The number of benzene rings is 1. The zero-order chi connectivity index (χ0) is 15.4. The van der Waals surface area contributed by atoms with Crippen LogP contribution in [0.5, 0.6) is 0 Å². The first-order valence-corrected chi connectivity index (χ1v) is 6.18. The summed E-state index contributed by atoms with van der Waals surface area (Å²) in [7, 11) is -4.69. The van der Waals surface area contributed by atoms with E-state index in [0.29, 0.717) is 0 Å². The number of hydrogen-bond acceptors (Lipinski definition) is 3. The maximum absolute atomic E-state index is 12.5. The highest BCUT2D eigenvalue weighted by atomic mass is 31.2. The summed E-state index contributed by atoms with van der Waals surface area (Å²) in [5, 5.41) is 2.36. The molecule has 98 valence electrons. The summed E-state index contributed by atoms with van der Waals surface area (Å²) >= 11 is 0. The van der Waals surface area contributed by atoms with E-state index in [9.17, 15) is 17.7 Å². The van der Waals surface area contributed by atoms with Gasteiger partial charge in [-0.25, -0.2) is 0 Å². The van der Waals surface area contributed by atoms with Crippen molar-refractivity contribution in [3.05, 3.63) is 40.8 Å². The Labute approximate surface area is 103 Å². The van der Waals surface area contributed by atoms with Crippen LogP contribution in [0, 0.1) is 0 Å². The van der Waals surface area contributed by atoms with Crippen LogP contribution < -0.4 is 5.30 Å². The first-order valence-electron chi connectivity index (χ1n) is 5.56. The zero-order valence-electron chi connectivity index (χ0n) is 10.8. The highest BCUT2D eigenvalue weighted by molar-refractivity contribution is 7.66. The van der Waals surface area contributed by atoms with E-state index < -0.39 is 26.4 Å². The molecule has 0 saturated carbocycles. The van der Waals surface area contributed by atoms with Crippen molar-refractivity contribution in [1.82, 2.24) is 0 Å². The van der Waals surface area contributed by atoms with Crippen LogP contribution in [0.3, 0.4) is 0 Å². The highest BCUT2D eigenvalue weighted by Crippen LogP contribution is 2.46. The summed E-state index contributed by atoms with van der Waals surface area (Å²) in [5.41, 5.74) is 8.26. The molecule has 1 atom stereocenters. The Morgan fingerprint density at radius 1 is 1.44 bits per heavy atom. The van der Waals surface area contributed by atoms with Gasteiger partial charge in [-0.3, -0.25) is 4.57 Å². The Hall–Kier alpha value is -1.49. The molecule has 0 heterocycles. The molecule has 9 heteroatoms. The van der Waals surface area contributed by atoms with E-state index in [0.717, 1.165) is 12.1 Å². The van der Waals surface area contributed by atoms with Gasteiger partial charge in [0.2, 0.25) is 7.37 Å². The fourth-order valence-corrected chi connectivity index (χ4v) is 2.40. The monoisotopic (exact) mass is 281 g/mol. The van der Waals surface area contributed by atoms with Crippen LogP contribution in [0.2, 0.25) is 0 Å². The molecule has 1 aromatic carbocycles. The molecule has 0 bridgehead atoms. The normalized spacial score (nSPS) is 17.1. The lowest BCUT2D eigenvalue weighted by Gasteiger charge is -2.17. The molecule has 0 saturated heterocycles. The summed E-state index contributed by atoms with van der Waals surface area (Å²) in [6.45, 7) is -1.92. The average molecular weight is 281 g/mol. The summed E-state index contributed by atoms with van der Waals surface area (Å²) < 4.78 is 68.2. The van der Waals surface area contributed by atoms with Crippen LogP contribution >= 0.6 is 7.37 Å². The number of alkyl halides is 3. The smallest absolute Gasteiger partial charge is 0.316 e. The number of nitrogens with zero attached hydrogens (tertiary/aromatic N) is 3. The third kappa shape index (κ3) is 4.41. The molecule has 0 aromatic heterocycles. The molecule has 1 rings (SSSR count). The lowest BCUT2D eigenvalue weighted by atomic mass is 10.4. The number of halogens is 3. The van der Waals surface area contributed by atoms with Gasteiger partial charge in [0.05, 0.1) is 0 Å². The van der Waals surface area contributed by atoms with Gasteiger partial charge in [0.15, 0.2) is 6.61 Å². The molecule has 0 aliphatic carbocycles. The van der Waals surface area contributed by atoms with Crippen LogP contribution in [0.4, 0.5) is 13.2 Å². The summed E-state index contributed by atoms with van der Waals surface area (Å²) in [4.78, 5) is 2.16. The van der Waals surface area contributed by atoms with Crippen molar-refractivity contribution < 1.29 is 25.0 Å². The van der Waals surface area contributed by atoms with Gasteiger partial charge in [0, 0.05) is 13.0 Å². The van der Waals surface area contributed by atoms with Crippen LogP contribution in [-0.2, 0) is 9.09 Å². The topological polar surface area (TPSA) is 75.1 Å². The van der Waals surface area contributed by atoms with Gasteiger partial charge in [-0.15, -0.1) is 0 Å². The van der Waals surface area contributed by atoms with Crippen molar-refractivity contribution in [3.8, 4) is 0 Å². The van der Waals surface area contributed by atoms with Crippen LogP contribution in [0.15, 0.2) is 35.4 Å². The molecule has 0 amide bonds. The second kappa shape index (κ2) is 5.91. The first kappa shape index (κ1) is 11.6. The Morgan fingerprint density at radius 3 is 2.56 bits per heavy atom. The second-order valence-electron chi connectivity index (χ2n) is 3.07. The van der Waals surface area contributed by atoms with E-state index in [1.54, 1.807) is 0 Å². The van der Waals surface area contributed by atoms with Gasteiger partial charge in [-0.2, -0.15) is 13.2 Å². The lowest BCUT2D eigenvalue weighted by Crippen LogP contribution is -2.19. The predicted octanol–water partition coefficient (Wildman–Crippen LogP) is 3.44. The summed E-state index contributed by atoms with van der Waals surface area (Å²) in [6.07, 6.45) is -7.93. The van der Waals surface area contributed by atoms with Gasteiger partial charge in [0.1, 0.15) is 6.24 Å². The van der Waals surface area contributed by atoms with Crippen molar-refractivity contribution in [2.75, 3.05) is 12.8 Å². The van der Waals surface area contributed by atoms with E-state index in [1.807, 2.05) is 0 Å². The van der Waals surface area contributed by atoms with Gasteiger partial charge in [0.25, 0.3) is 0 Å². The van der Waals surface area contributed by atoms with Crippen molar-refractivity contribution in [2.45, 2.75) is 6.18 Å². The third-order valence-electron chi connectivity index (χ3n) is 1.73. The van der Waals surface area contributed by atoms with Gasteiger partial charge in [-0.05, 0) is 17.7 Å². The quantitative estimate of drug-likeness (QED) is 0.359. The van der Waals surface area contributed by atoms with Gasteiger partial charge < -0.3 is 4.52 Å². The van der Waals surface area contributed by atoms with Crippen LogP contribution in [0.1, 0.15) is 2.74 Å². The SMILES string of the molecule is [2H]C([2H])(N=[N+]=[N-])P(=O)(OCC(F)(F)F)c1ccccc1. The highest BCUT2D eigenvalue weighted by Gasteiger charge is 2.34. The first-order chi connectivity index (χ1) is 9.12. The number of azide groups is 1. The maximum atomic E-state index is 12.5. The molecule has 0 radical (unpaired) electrons. The minimum atomic E-state index is -4.79. The standard InChI is InChI=1S/C9H9F3N3O2P/c10-9(11,12)6-17-18(16,7-14-15-13)8-4-2-1-3-5-8/h1-5H,6-7H2/i7D2. The number of hydrogen-bond donors (Lipinski definition) is 0. The molecular formula is C9H9F3N3O2P. The third-order valence-corrected chi connectivity index (χ3v) is 3.55. The van der Waals surface area contributed by atoms with E-state index >= 15 is 0 Å². The minimum Gasteiger partial charge on any atom is -0.316 e. The summed E-state index contributed by atoms with van der Waals surface area (Å²) in [5.74, 6) is 0. The molecule has 18 heavy (non-hydrogen) atoms. The Morgan fingerprint density at radius 2 is 2.06 bits per heavy atom. The molecule has 1 aromatic rings. The summed E-state index contributed by atoms with van der Waals surface area (Å²) in [6, 6.07) is 6.49. The lowest BCUT2D eigenvalue weighted by molar-refractivity contribution is -0.153. The fraction of sp³-hybridized carbons (Fsp3) is 0.333. The fourth-order valence-electron chi connectivity index (χ4n) is 1.03. The molecular weight excluding hydrogens is 270 g/mol. The van der Waals surface area contributed by atoms with Crippen molar-refractivity contribution in [3.63, 3.8) is 0 Å². The predicted molar refractivity (Wildman–Crippen MR) is 59.7 cm³/mol. The Balaban J connectivity index is 3.27. The van der Waals surface area contributed by atoms with E-state index in [4.69, 9.17) is 8.27 Å². The second-order valence-corrected chi connectivity index (χ2v) is 5.14.